The highest BCUT2D eigenvalue weighted by atomic mass is 16.3. The third kappa shape index (κ3) is 26.1. The van der Waals surface area contributed by atoms with Gasteiger partial charge in [-0.1, -0.05) is 76.8 Å². The topological polar surface area (TPSA) is 485 Å². The van der Waals surface area contributed by atoms with E-state index in [-0.39, 0.29) is 77.0 Å². The van der Waals surface area contributed by atoms with Crippen LogP contribution in [0.2, 0.25) is 0 Å². The van der Waals surface area contributed by atoms with Gasteiger partial charge in [-0.15, -0.1) is 0 Å². The molecule has 22 N–H and O–H groups in total. The summed E-state index contributed by atoms with van der Waals surface area (Å²) in [7, 11) is 0. The zero-order valence-corrected chi connectivity index (χ0v) is 48.5. The van der Waals surface area contributed by atoms with E-state index in [0.717, 1.165) is 32.6 Å². The summed E-state index contributed by atoms with van der Waals surface area (Å²) in [6, 6.07) is -6.87. The lowest BCUT2D eigenvalue weighted by Crippen LogP contribution is -2.62. The van der Waals surface area contributed by atoms with E-state index in [2.05, 4.69) is 65.4 Å². The van der Waals surface area contributed by atoms with Gasteiger partial charge in [-0.05, 0) is 96.5 Å². The molecular weight excluding hydrogens is 1080 g/mol. The van der Waals surface area contributed by atoms with Gasteiger partial charge < -0.3 is 96.7 Å². The Labute approximate surface area is 485 Å². The van der Waals surface area contributed by atoms with Crippen molar-refractivity contribution in [1.29, 1.82) is 0 Å². The molecule has 1 heterocycles. The van der Waals surface area contributed by atoms with Gasteiger partial charge in [0, 0.05) is 19.4 Å². The first-order valence-corrected chi connectivity index (χ1v) is 28.6. The van der Waals surface area contributed by atoms with Crippen molar-refractivity contribution in [3.63, 3.8) is 0 Å². The van der Waals surface area contributed by atoms with E-state index in [1.165, 1.54) is 6.92 Å². The van der Waals surface area contributed by atoms with Crippen LogP contribution < -0.4 is 81.4 Å². The Kier molecular flexibility index (Phi) is 33.8. The van der Waals surface area contributed by atoms with Crippen molar-refractivity contribution >= 4 is 65.0 Å². The third-order valence-electron chi connectivity index (χ3n) is 13.4. The molecule has 0 aromatic heterocycles. The summed E-state index contributed by atoms with van der Waals surface area (Å²) in [5.41, 5.74) is 23.9. The molecule has 11 amide bonds. The summed E-state index contributed by atoms with van der Waals surface area (Å²) < 4.78 is 0. The lowest BCUT2D eigenvalue weighted by atomic mass is 10.00. The van der Waals surface area contributed by atoms with E-state index in [9.17, 15) is 68.1 Å². The molecule has 0 bridgehead atoms. The van der Waals surface area contributed by atoms with Crippen LogP contribution in [0.15, 0.2) is 30.3 Å². The van der Waals surface area contributed by atoms with Crippen molar-refractivity contribution in [3.05, 3.63) is 35.9 Å². The lowest BCUT2D eigenvalue weighted by Gasteiger charge is -2.28. The molecule has 0 unspecified atom stereocenters. The maximum absolute atomic E-state index is 14.4. The van der Waals surface area contributed by atoms with E-state index in [4.69, 9.17) is 22.9 Å². The molecule has 468 valence electrons. The fourth-order valence-electron chi connectivity index (χ4n) is 8.79. The molecule has 1 aliphatic heterocycles. The maximum atomic E-state index is 14.4. The largest absolute Gasteiger partial charge is 0.394 e. The second-order valence-electron chi connectivity index (χ2n) is 21.1. The van der Waals surface area contributed by atoms with Crippen LogP contribution in [-0.4, -0.2) is 192 Å². The molecule has 0 aliphatic carbocycles. The number of unbranched alkanes of at least 4 members (excludes halogenated alkanes) is 4. The van der Waals surface area contributed by atoms with E-state index >= 15 is 0 Å². The van der Waals surface area contributed by atoms with Gasteiger partial charge in [0.1, 0.15) is 60.4 Å². The number of nitrogens with two attached hydrogens (primary N) is 4. The number of carbonyl (C=O) groups excluding carboxylic acids is 11. The summed E-state index contributed by atoms with van der Waals surface area (Å²) >= 11 is 0. The Bertz CT molecular complexity index is 2260. The summed E-state index contributed by atoms with van der Waals surface area (Å²) in [6.45, 7) is 5.80. The molecule has 1 fully saturated rings. The number of aliphatic hydroxyl groups excluding tert-OH is 3. The molecule has 83 heavy (non-hydrogen) atoms. The summed E-state index contributed by atoms with van der Waals surface area (Å²) in [5, 5.41) is 59.3. The molecule has 2 rings (SSSR count). The highest BCUT2D eigenvalue weighted by Crippen LogP contribution is 2.12. The SMILES string of the molecule is CCCCCCCC(=O)N[C@@H](CCN)C(=O)N[C@H](C(=O)N[C@H](CO)C(=O)N[C@H]1CCNC(=O)[C@H]([C@@H](C)O)NC(=O)[C@H](CCN)NC(=O)[C@H](CCN)NC(=O)[C@H](CC(C)C)NC(=O)[C@@H](Cc2ccccc2)NC(=O)[C@H](CCN)NC1=O)[C@@H](C)O. The summed E-state index contributed by atoms with van der Waals surface area (Å²) in [6.07, 6.45) is 0.0278. The van der Waals surface area contributed by atoms with E-state index in [0.29, 0.717) is 12.0 Å². The first-order chi connectivity index (χ1) is 39.4. The van der Waals surface area contributed by atoms with Crippen LogP contribution in [0.1, 0.15) is 117 Å². The minimum Gasteiger partial charge on any atom is -0.394 e. The number of benzene rings is 1. The smallest absolute Gasteiger partial charge is 0.245 e. The van der Waals surface area contributed by atoms with Crippen LogP contribution >= 0.6 is 0 Å². The number of hydrogen-bond donors (Lipinski definition) is 18. The second-order valence-corrected chi connectivity index (χ2v) is 21.1. The van der Waals surface area contributed by atoms with Gasteiger partial charge in [0.2, 0.25) is 65.0 Å². The van der Waals surface area contributed by atoms with Gasteiger partial charge >= 0.3 is 0 Å². The Morgan fingerprint density at radius 3 is 1.63 bits per heavy atom. The molecule has 29 heteroatoms. The van der Waals surface area contributed by atoms with E-state index in [1.807, 2.05) is 0 Å². The number of hydrogen-bond acceptors (Lipinski definition) is 18. The van der Waals surface area contributed by atoms with Crippen LogP contribution in [-0.2, 0) is 59.2 Å². The van der Waals surface area contributed by atoms with Gasteiger partial charge in [0.25, 0.3) is 0 Å². The number of aliphatic hydroxyl groups is 3. The third-order valence-corrected chi connectivity index (χ3v) is 13.4. The number of rotatable bonds is 28. The molecule has 1 saturated heterocycles. The standard InChI is InChI=1S/C54H93N15O14/c1-6-7-8-9-13-16-42(73)60-34(17-22-55)48(77)69-44(32(5)72)54(83)67-41(29-70)52(81)64-38-21-26-59-53(82)43(31(4)71)68-49(78)37(20-25-58)62-45(74)35(18-23-56)63-50(79)39(27-30(2)3)65-51(80)40(28-33-14-11-10-12-15-33)66-46(75)36(19-24-57)61-47(38)76/h10-12,14-15,30-32,34-41,43-44,70-72H,6-9,13,16-29,55-58H2,1-5H3,(H,59,82)(H,60,73)(H,61,76)(H,62,74)(H,63,79)(H,64,81)(H,65,80)(H,66,75)(H,67,83)(H,68,78)(H,69,77)/t31-,32-,34+,35+,36+,37+,38+,39+,40-,41-,43+,44+/m1/s1. The van der Waals surface area contributed by atoms with Crippen molar-refractivity contribution in [1.82, 2.24) is 58.5 Å². The minimum atomic E-state index is -1.89. The maximum Gasteiger partial charge on any atom is 0.245 e. The van der Waals surface area contributed by atoms with Crippen molar-refractivity contribution < 1.29 is 68.1 Å². The zero-order valence-electron chi connectivity index (χ0n) is 48.5. The predicted octanol–water partition coefficient (Wildman–Crippen LogP) is -5.85. The molecule has 12 atom stereocenters. The average molecular weight is 1180 g/mol. The predicted molar refractivity (Wildman–Crippen MR) is 305 cm³/mol. The molecule has 29 nitrogen and oxygen atoms in total. The molecule has 0 saturated carbocycles. The lowest BCUT2D eigenvalue weighted by molar-refractivity contribution is -0.137. The number of amides is 11. The van der Waals surface area contributed by atoms with Crippen LogP contribution in [0.5, 0.6) is 0 Å². The fraction of sp³-hybridized carbons (Fsp3) is 0.685. The molecule has 1 aliphatic rings. The molecular formula is C54H93N15O14. The quantitative estimate of drug-likeness (QED) is 0.0348. The zero-order chi connectivity index (χ0) is 62.2. The van der Waals surface area contributed by atoms with Crippen molar-refractivity contribution in [2.45, 2.75) is 191 Å². The van der Waals surface area contributed by atoms with E-state index < -0.39 is 157 Å². The highest BCUT2D eigenvalue weighted by Gasteiger charge is 2.37. The monoisotopic (exact) mass is 1180 g/mol. The van der Waals surface area contributed by atoms with Crippen LogP contribution in [0.4, 0.5) is 0 Å². The number of carbonyl (C=O) groups is 11. The van der Waals surface area contributed by atoms with Crippen molar-refractivity contribution in [2.24, 2.45) is 28.9 Å². The normalized spacial score (nSPS) is 22.8. The van der Waals surface area contributed by atoms with Gasteiger partial charge in [-0.3, -0.25) is 52.7 Å². The first kappa shape index (κ1) is 72.2. The molecule has 0 radical (unpaired) electrons. The van der Waals surface area contributed by atoms with Gasteiger partial charge in [0.05, 0.1) is 18.8 Å². The Hall–Kier alpha value is -6.89. The second kappa shape index (κ2) is 38.8. The molecule has 1 aromatic carbocycles. The summed E-state index contributed by atoms with van der Waals surface area (Å²) in [5.74, 6) is -10.5. The van der Waals surface area contributed by atoms with Crippen LogP contribution in [0, 0.1) is 5.92 Å². The minimum absolute atomic E-state index is 0.0367. The van der Waals surface area contributed by atoms with E-state index in [1.54, 1.807) is 44.2 Å². The fourth-order valence-corrected chi connectivity index (χ4v) is 8.79. The van der Waals surface area contributed by atoms with Crippen molar-refractivity contribution in [3.8, 4) is 0 Å². The first-order valence-electron chi connectivity index (χ1n) is 28.6. The highest BCUT2D eigenvalue weighted by molar-refractivity contribution is 5.99. The Balaban J connectivity index is 2.65. The average Bonchev–Trinajstić information content (AvgIpc) is 3.44. The number of nitrogens with one attached hydrogen (secondary N) is 11. The van der Waals surface area contributed by atoms with Crippen LogP contribution in [0.25, 0.3) is 0 Å². The summed E-state index contributed by atoms with van der Waals surface area (Å²) in [4.78, 5) is 153. The Morgan fingerprint density at radius 2 is 1.11 bits per heavy atom. The van der Waals surface area contributed by atoms with Gasteiger partial charge in [0.15, 0.2) is 0 Å². The molecule has 0 spiro atoms. The van der Waals surface area contributed by atoms with Crippen molar-refractivity contribution in [2.75, 3.05) is 39.3 Å². The Morgan fingerprint density at radius 1 is 0.590 bits per heavy atom. The van der Waals surface area contributed by atoms with Gasteiger partial charge in [-0.25, -0.2) is 0 Å². The van der Waals surface area contributed by atoms with Crippen LogP contribution in [0.3, 0.4) is 0 Å². The van der Waals surface area contributed by atoms with Gasteiger partial charge in [-0.2, -0.15) is 0 Å². The molecule has 1 aromatic rings.